The fourth-order valence-electron chi connectivity index (χ4n) is 1.43. The number of nitrogens with zero attached hydrogens (tertiary/aromatic N) is 1. The van der Waals surface area contributed by atoms with Crippen LogP contribution in [0.2, 0.25) is 0 Å². The second-order valence-electron chi connectivity index (χ2n) is 3.17. The number of thiazole rings is 1. The molecule has 1 aliphatic rings. The van der Waals surface area contributed by atoms with Gasteiger partial charge in [0.05, 0.1) is 5.51 Å². The van der Waals surface area contributed by atoms with E-state index in [1.807, 2.05) is 11.8 Å². The Labute approximate surface area is 85.8 Å². The molecule has 13 heavy (non-hydrogen) atoms. The van der Waals surface area contributed by atoms with Gasteiger partial charge in [0, 0.05) is 29.2 Å². The lowest BCUT2D eigenvalue weighted by Gasteiger charge is -2.04. The fourth-order valence-corrected chi connectivity index (χ4v) is 3.29. The molecule has 2 nitrogen and oxygen atoms in total. The molecule has 4 heteroatoms. The van der Waals surface area contributed by atoms with Crippen molar-refractivity contribution in [3.63, 3.8) is 0 Å². The van der Waals surface area contributed by atoms with Crippen molar-refractivity contribution in [1.82, 2.24) is 4.98 Å². The molecule has 0 N–H and O–H groups in total. The largest absolute Gasteiger partial charge is 0.299 e. The van der Waals surface area contributed by atoms with Crippen molar-refractivity contribution < 1.29 is 4.79 Å². The van der Waals surface area contributed by atoms with E-state index in [0.717, 1.165) is 22.8 Å². The summed E-state index contributed by atoms with van der Waals surface area (Å²) < 4.78 is 0. The Bertz CT molecular complexity index is 278. The van der Waals surface area contributed by atoms with Crippen LogP contribution in [0.3, 0.4) is 0 Å². The molecule has 1 saturated heterocycles. The first-order valence-corrected chi connectivity index (χ1v) is 6.37. The van der Waals surface area contributed by atoms with E-state index in [1.54, 1.807) is 23.0 Å². The summed E-state index contributed by atoms with van der Waals surface area (Å²) in [6, 6.07) is 0. The van der Waals surface area contributed by atoms with Crippen molar-refractivity contribution in [3.8, 4) is 0 Å². The third kappa shape index (κ3) is 2.31. The topological polar surface area (TPSA) is 30.0 Å². The van der Waals surface area contributed by atoms with E-state index >= 15 is 0 Å². The Balaban J connectivity index is 1.91. The van der Waals surface area contributed by atoms with Gasteiger partial charge in [-0.05, 0) is 12.2 Å². The highest BCUT2D eigenvalue weighted by atomic mass is 32.2. The van der Waals surface area contributed by atoms with E-state index in [-0.39, 0.29) is 0 Å². The fraction of sp³-hybridized carbons (Fsp3) is 0.556. The Kier molecular flexibility index (Phi) is 3.01. The van der Waals surface area contributed by atoms with E-state index in [0.29, 0.717) is 18.1 Å². The van der Waals surface area contributed by atoms with Crippen molar-refractivity contribution in [2.75, 3.05) is 11.5 Å². The molecule has 0 amide bonds. The maximum absolute atomic E-state index is 11.7. The van der Waals surface area contributed by atoms with E-state index in [4.69, 9.17) is 0 Å². The number of ketones is 1. The van der Waals surface area contributed by atoms with Crippen LogP contribution in [0.15, 0.2) is 11.7 Å². The van der Waals surface area contributed by atoms with Crippen molar-refractivity contribution in [2.45, 2.75) is 12.8 Å². The summed E-state index contributed by atoms with van der Waals surface area (Å²) in [5.41, 5.74) is 1.78. The predicted octanol–water partition coefficient (Wildman–Crippen LogP) is 2.01. The zero-order valence-electron chi connectivity index (χ0n) is 7.23. The van der Waals surface area contributed by atoms with Gasteiger partial charge < -0.3 is 0 Å². The summed E-state index contributed by atoms with van der Waals surface area (Å²) in [4.78, 5) is 16.7. The van der Waals surface area contributed by atoms with Crippen LogP contribution >= 0.6 is 23.1 Å². The van der Waals surface area contributed by atoms with Crippen molar-refractivity contribution >= 4 is 28.9 Å². The number of thioether (sulfide) groups is 1. The van der Waals surface area contributed by atoms with E-state index in [2.05, 4.69) is 4.98 Å². The van der Waals surface area contributed by atoms with Gasteiger partial charge in [0.1, 0.15) is 5.78 Å². The number of Topliss-reactive ketones (excluding diaryl/α,β-unsaturated/α-hetero) is 1. The number of aromatic nitrogens is 1. The summed E-state index contributed by atoms with van der Waals surface area (Å²) in [6.07, 6.45) is 3.46. The van der Waals surface area contributed by atoms with Gasteiger partial charge in [0.2, 0.25) is 0 Å². The number of carbonyl (C=O) groups is 1. The molecular formula is C9H11NOS2. The number of hydrogen-bond donors (Lipinski definition) is 0. The van der Waals surface area contributed by atoms with Crippen LogP contribution < -0.4 is 0 Å². The molecule has 0 aromatic carbocycles. The summed E-state index contributed by atoms with van der Waals surface area (Å²) in [7, 11) is 0. The molecule has 2 heterocycles. The van der Waals surface area contributed by atoms with Crippen LogP contribution in [0.25, 0.3) is 0 Å². The van der Waals surface area contributed by atoms with Crippen LogP contribution in [0, 0.1) is 5.92 Å². The van der Waals surface area contributed by atoms with E-state index in [1.165, 1.54) is 0 Å². The second-order valence-corrected chi connectivity index (χ2v) is 5.29. The molecule has 70 valence electrons. The summed E-state index contributed by atoms with van der Waals surface area (Å²) in [5.74, 6) is 2.89. The van der Waals surface area contributed by atoms with Crippen molar-refractivity contribution in [1.29, 1.82) is 0 Å². The molecule has 0 spiro atoms. The monoisotopic (exact) mass is 213 g/mol. The smallest absolute Gasteiger partial charge is 0.142 e. The zero-order chi connectivity index (χ0) is 9.10. The van der Waals surface area contributed by atoms with Gasteiger partial charge in [-0.1, -0.05) is 0 Å². The maximum Gasteiger partial charge on any atom is 0.142 e. The lowest BCUT2D eigenvalue weighted by atomic mass is 10.0. The average Bonchev–Trinajstić information content (AvgIpc) is 2.74. The van der Waals surface area contributed by atoms with Gasteiger partial charge in [0.25, 0.3) is 0 Å². The Morgan fingerprint density at radius 1 is 1.69 bits per heavy atom. The summed E-state index contributed by atoms with van der Waals surface area (Å²) in [5, 5.41) is 0. The standard InChI is InChI=1S/C9H11NOS2/c11-9(7-1-2-12-5-7)3-8-4-10-6-13-8/h4,6-7H,1-3,5H2. The summed E-state index contributed by atoms with van der Waals surface area (Å²) >= 11 is 3.46. The number of hydrogen-bond acceptors (Lipinski definition) is 4. The zero-order valence-corrected chi connectivity index (χ0v) is 8.87. The molecule has 1 unspecified atom stereocenters. The maximum atomic E-state index is 11.7. The molecule has 1 atom stereocenters. The first-order valence-electron chi connectivity index (χ1n) is 4.34. The van der Waals surface area contributed by atoms with Gasteiger partial charge >= 0.3 is 0 Å². The molecule has 1 fully saturated rings. The quantitative estimate of drug-likeness (QED) is 0.769. The molecular weight excluding hydrogens is 202 g/mol. The first kappa shape index (κ1) is 9.21. The molecule has 0 bridgehead atoms. The van der Waals surface area contributed by atoms with Crippen LogP contribution in [-0.4, -0.2) is 22.3 Å². The predicted molar refractivity (Wildman–Crippen MR) is 56.3 cm³/mol. The Hall–Kier alpha value is -0.350. The molecule has 0 saturated carbocycles. The molecule has 0 radical (unpaired) electrons. The van der Waals surface area contributed by atoms with Gasteiger partial charge in [0.15, 0.2) is 0 Å². The molecule has 1 aromatic heterocycles. The molecule has 0 aliphatic carbocycles. The van der Waals surface area contributed by atoms with Crippen molar-refractivity contribution in [3.05, 3.63) is 16.6 Å². The lowest BCUT2D eigenvalue weighted by Crippen LogP contribution is -2.15. The highest BCUT2D eigenvalue weighted by Crippen LogP contribution is 2.25. The first-order chi connectivity index (χ1) is 6.36. The SMILES string of the molecule is O=C(Cc1cncs1)C1CCSC1. The van der Waals surface area contributed by atoms with Gasteiger partial charge in [-0.3, -0.25) is 9.78 Å². The third-order valence-corrected chi connectivity index (χ3v) is 4.16. The average molecular weight is 213 g/mol. The van der Waals surface area contributed by atoms with Gasteiger partial charge in [-0.2, -0.15) is 11.8 Å². The van der Waals surface area contributed by atoms with E-state index in [9.17, 15) is 4.79 Å². The highest BCUT2D eigenvalue weighted by molar-refractivity contribution is 7.99. The Morgan fingerprint density at radius 3 is 3.23 bits per heavy atom. The minimum Gasteiger partial charge on any atom is -0.299 e. The molecule has 1 aromatic rings. The minimum absolute atomic E-state index is 0.312. The third-order valence-electron chi connectivity index (χ3n) is 2.22. The minimum atomic E-state index is 0.312. The number of rotatable bonds is 3. The second kappa shape index (κ2) is 4.24. The van der Waals surface area contributed by atoms with Gasteiger partial charge in [-0.25, -0.2) is 0 Å². The van der Waals surface area contributed by atoms with Crippen LogP contribution in [-0.2, 0) is 11.2 Å². The van der Waals surface area contributed by atoms with Crippen molar-refractivity contribution in [2.24, 2.45) is 5.92 Å². The highest BCUT2D eigenvalue weighted by Gasteiger charge is 2.23. The number of carbonyl (C=O) groups excluding carboxylic acids is 1. The van der Waals surface area contributed by atoms with Crippen LogP contribution in [0.4, 0.5) is 0 Å². The molecule has 2 rings (SSSR count). The van der Waals surface area contributed by atoms with Gasteiger partial charge in [-0.15, -0.1) is 11.3 Å². The normalized spacial score (nSPS) is 22.0. The lowest BCUT2D eigenvalue weighted by molar-refractivity contribution is -0.121. The summed E-state index contributed by atoms with van der Waals surface area (Å²) in [6.45, 7) is 0. The van der Waals surface area contributed by atoms with E-state index < -0.39 is 0 Å². The van der Waals surface area contributed by atoms with Crippen LogP contribution in [0.1, 0.15) is 11.3 Å². The molecule has 1 aliphatic heterocycles. The Morgan fingerprint density at radius 2 is 2.62 bits per heavy atom. The van der Waals surface area contributed by atoms with Crippen LogP contribution in [0.5, 0.6) is 0 Å².